The van der Waals surface area contributed by atoms with Crippen molar-refractivity contribution in [3.8, 4) is 5.75 Å². The van der Waals surface area contributed by atoms with E-state index >= 15 is 0 Å². The molecule has 0 radical (unpaired) electrons. The molecule has 0 bridgehead atoms. The van der Waals surface area contributed by atoms with Gasteiger partial charge in [-0.15, -0.1) is 0 Å². The lowest BCUT2D eigenvalue weighted by Crippen LogP contribution is -2.22. The van der Waals surface area contributed by atoms with E-state index in [1.807, 2.05) is 12.1 Å². The van der Waals surface area contributed by atoms with Gasteiger partial charge < -0.3 is 10.1 Å². The second-order valence-corrected chi connectivity index (χ2v) is 4.17. The molecular weight excluding hydrogens is 232 g/mol. The van der Waals surface area contributed by atoms with Crippen molar-refractivity contribution in [1.82, 2.24) is 10.6 Å². The summed E-state index contributed by atoms with van der Waals surface area (Å²) < 4.78 is 5.52. The molecular formula is C13H16N2O3. The topological polar surface area (TPSA) is 67.4 Å². The van der Waals surface area contributed by atoms with Gasteiger partial charge in [-0.05, 0) is 24.1 Å². The summed E-state index contributed by atoms with van der Waals surface area (Å²) in [7, 11) is 0. The third kappa shape index (κ3) is 2.80. The number of rotatable bonds is 5. The van der Waals surface area contributed by atoms with E-state index in [-0.39, 0.29) is 5.91 Å². The number of carbonyl (C=O) groups excluding carboxylic acids is 2. The number of unbranched alkanes of at least 4 members (excludes halogenated alkanes) is 1. The SMILES string of the molecule is CCCCOc1ccc([C@@H]2NC(=O)NC2=O)cc1. The van der Waals surface area contributed by atoms with Crippen molar-refractivity contribution < 1.29 is 14.3 Å². The maximum absolute atomic E-state index is 11.5. The zero-order valence-electron chi connectivity index (χ0n) is 10.2. The number of hydrogen-bond donors (Lipinski definition) is 2. The Labute approximate surface area is 106 Å². The van der Waals surface area contributed by atoms with E-state index in [2.05, 4.69) is 17.6 Å². The lowest BCUT2D eigenvalue weighted by molar-refractivity contribution is -0.120. The Morgan fingerprint density at radius 3 is 2.50 bits per heavy atom. The molecule has 1 aliphatic rings. The molecule has 5 nitrogen and oxygen atoms in total. The maximum atomic E-state index is 11.5. The van der Waals surface area contributed by atoms with E-state index in [0.717, 1.165) is 24.2 Å². The largest absolute Gasteiger partial charge is 0.494 e. The van der Waals surface area contributed by atoms with E-state index < -0.39 is 12.1 Å². The van der Waals surface area contributed by atoms with E-state index in [1.165, 1.54) is 0 Å². The fourth-order valence-corrected chi connectivity index (χ4v) is 1.74. The third-order valence-corrected chi connectivity index (χ3v) is 2.75. The summed E-state index contributed by atoms with van der Waals surface area (Å²) >= 11 is 0. The number of urea groups is 1. The van der Waals surface area contributed by atoms with E-state index in [0.29, 0.717) is 6.61 Å². The van der Waals surface area contributed by atoms with Crippen LogP contribution in [0.3, 0.4) is 0 Å². The molecule has 1 aliphatic heterocycles. The normalized spacial score (nSPS) is 18.4. The van der Waals surface area contributed by atoms with E-state index in [9.17, 15) is 9.59 Å². The van der Waals surface area contributed by atoms with E-state index in [1.54, 1.807) is 12.1 Å². The van der Waals surface area contributed by atoms with Crippen molar-refractivity contribution in [3.05, 3.63) is 29.8 Å². The molecule has 1 aromatic carbocycles. The van der Waals surface area contributed by atoms with Crippen LogP contribution in [0.4, 0.5) is 4.79 Å². The lowest BCUT2D eigenvalue weighted by Gasteiger charge is -2.09. The molecule has 2 rings (SSSR count). The van der Waals surface area contributed by atoms with Crippen LogP contribution >= 0.6 is 0 Å². The van der Waals surface area contributed by atoms with Gasteiger partial charge in [0.2, 0.25) is 0 Å². The molecule has 1 atom stereocenters. The van der Waals surface area contributed by atoms with Crippen LogP contribution in [0, 0.1) is 0 Å². The summed E-state index contributed by atoms with van der Waals surface area (Å²) in [6.07, 6.45) is 2.11. The first-order valence-corrected chi connectivity index (χ1v) is 6.05. The predicted molar refractivity (Wildman–Crippen MR) is 66.3 cm³/mol. The van der Waals surface area contributed by atoms with Crippen LogP contribution in [-0.2, 0) is 4.79 Å². The Bertz CT molecular complexity index is 442. The summed E-state index contributed by atoms with van der Waals surface area (Å²) in [5.74, 6) is 0.455. The average Bonchev–Trinajstić information content (AvgIpc) is 2.70. The van der Waals surface area contributed by atoms with Crippen LogP contribution in [0.25, 0.3) is 0 Å². The third-order valence-electron chi connectivity index (χ3n) is 2.75. The second kappa shape index (κ2) is 5.53. The van der Waals surface area contributed by atoms with Crippen LogP contribution < -0.4 is 15.4 Å². The highest BCUT2D eigenvalue weighted by molar-refractivity contribution is 6.04. The van der Waals surface area contributed by atoms with Crippen molar-refractivity contribution in [2.24, 2.45) is 0 Å². The van der Waals surface area contributed by atoms with Crippen LogP contribution in [0.1, 0.15) is 31.4 Å². The van der Waals surface area contributed by atoms with Crippen LogP contribution in [-0.4, -0.2) is 18.5 Å². The van der Waals surface area contributed by atoms with E-state index in [4.69, 9.17) is 4.74 Å². The summed E-state index contributed by atoms with van der Waals surface area (Å²) in [5, 5.41) is 4.75. The maximum Gasteiger partial charge on any atom is 0.322 e. The molecule has 0 saturated carbocycles. The fourth-order valence-electron chi connectivity index (χ4n) is 1.74. The molecule has 0 aromatic heterocycles. The fraction of sp³-hybridized carbons (Fsp3) is 0.385. The molecule has 18 heavy (non-hydrogen) atoms. The molecule has 1 aromatic rings. The summed E-state index contributed by atoms with van der Waals surface area (Å²) in [6, 6.07) is 6.15. The molecule has 1 heterocycles. The molecule has 0 aliphatic carbocycles. The van der Waals surface area contributed by atoms with Gasteiger partial charge in [-0.25, -0.2) is 4.79 Å². The standard InChI is InChI=1S/C13H16N2O3/c1-2-3-8-18-10-6-4-9(5-7-10)11-12(16)15-13(17)14-11/h4-7,11H,2-3,8H2,1H3,(H2,14,15,16,17)/t11-/m0/s1. The number of nitrogens with one attached hydrogen (secondary N) is 2. The Balaban J connectivity index is 1.99. The van der Waals surface area contributed by atoms with Crippen molar-refractivity contribution >= 4 is 11.9 Å². The number of benzene rings is 1. The minimum absolute atomic E-state index is 0.320. The van der Waals surface area contributed by atoms with Gasteiger partial charge in [-0.3, -0.25) is 10.1 Å². The van der Waals surface area contributed by atoms with Gasteiger partial charge in [0.05, 0.1) is 6.61 Å². The van der Waals surface area contributed by atoms with Gasteiger partial charge in [-0.2, -0.15) is 0 Å². The number of amides is 3. The van der Waals surface area contributed by atoms with Gasteiger partial charge in [0.25, 0.3) is 5.91 Å². The number of carbonyl (C=O) groups is 2. The first kappa shape index (κ1) is 12.4. The molecule has 0 unspecified atom stereocenters. The van der Waals surface area contributed by atoms with Crippen molar-refractivity contribution in [2.75, 3.05) is 6.61 Å². The van der Waals surface area contributed by atoms with Crippen molar-refractivity contribution in [3.63, 3.8) is 0 Å². The van der Waals surface area contributed by atoms with Crippen LogP contribution in [0.15, 0.2) is 24.3 Å². The summed E-state index contributed by atoms with van der Waals surface area (Å²) in [4.78, 5) is 22.5. The smallest absolute Gasteiger partial charge is 0.322 e. The zero-order chi connectivity index (χ0) is 13.0. The second-order valence-electron chi connectivity index (χ2n) is 4.17. The van der Waals surface area contributed by atoms with Gasteiger partial charge in [0, 0.05) is 0 Å². The highest BCUT2D eigenvalue weighted by Gasteiger charge is 2.30. The Kier molecular flexibility index (Phi) is 3.82. The number of imide groups is 1. The first-order chi connectivity index (χ1) is 8.70. The molecule has 3 amide bonds. The highest BCUT2D eigenvalue weighted by atomic mass is 16.5. The molecule has 0 spiro atoms. The molecule has 1 saturated heterocycles. The molecule has 1 fully saturated rings. The summed E-state index contributed by atoms with van der Waals surface area (Å²) in [6.45, 7) is 2.80. The predicted octanol–water partition coefficient (Wildman–Crippen LogP) is 1.75. The van der Waals surface area contributed by atoms with Gasteiger partial charge in [-0.1, -0.05) is 25.5 Å². The van der Waals surface area contributed by atoms with Gasteiger partial charge in [0.15, 0.2) is 0 Å². The quantitative estimate of drug-likeness (QED) is 0.616. The Morgan fingerprint density at radius 1 is 1.22 bits per heavy atom. The minimum atomic E-state index is -0.595. The number of ether oxygens (including phenoxy) is 1. The molecule has 96 valence electrons. The minimum Gasteiger partial charge on any atom is -0.494 e. The monoisotopic (exact) mass is 248 g/mol. The van der Waals surface area contributed by atoms with Crippen LogP contribution in [0.2, 0.25) is 0 Å². The average molecular weight is 248 g/mol. The summed E-state index contributed by atoms with van der Waals surface area (Å²) in [5.41, 5.74) is 0.751. The van der Waals surface area contributed by atoms with Gasteiger partial charge >= 0.3 is 6.03 Å². The zero-order valence-corrected chi connectivity index (χ0v) is 10.2. The number of hydrogen-bond acceptors (Lipinski definition) is 3. The van der Waals surface area contributed by atoms with Crippen LogP contribution in [0.5, 0.6) is 5.75 Å². The Hall–Kier alpha value is -2.04. The molecule has 5 heteroatoms. The molecule has 2 N–H and O–H groups in total. The van der Waals surface area contributed by atoms with Gasteiger partial charge in [0.1, 0.15) is 11.8 Å². The first-order valence-electron chi connectivity index (χ1n) is 6.05. The van der Waals surface area contributed by atoms with Crippen molar-refractivity contribution in [2.45, 2.75) is 25.8 Å². The lowest BCUT2D eigenvalue weighted by atomic mass is 10.1. The highest BCUT2D eigenvalue weighted by Crippen LogP contribution is 2.20. The Morgan fingerprint density at radius 2 is 1.94 bits per heavy atom. The van der Waals surface area contributed by atoms with Crippen molar-refractivity contribution in [1.29, 1.82) is 0 Å².